The molecule has 0 aliphatic heterocycles. The standard InChI is InChI=1S/C13H9F2NO4/c1-19-8-2-3-11(9(5-8)13(17)18)20-12-10(15)4-7(14)6-16-12/h2-6H,1H3,(H,17,18). The first-order chi connectivity index (χ1) is 9.51. The Morgan fingerprint density at radius 2 is 2.05 bits per heavy atom. The zero-order valence-corrected chi connectivity index (χ0v) is 10.3. The molecular formula is C13H9F2NO4. The van der Waals surface area contributed by atoms with Crippen LogP contribution in [0.1, 0.15) is 10.4 Å². The van der Waals surface area contributed by atoms with Gasteiger partial charge in [0.15, 0.2) is 5.82 Å². The highest BCUT2D eigenvalue weighted by Crippen LogP contribution is 2.29. The average molecular weight is 281 g/mol. The number of aromatic nitrogens is 1. The second kappa shape index (κ2) is 5.52. The number of ether oxygens (including phenoxy) is 2. The number of methoxy groups -OCH3 is 1. The summed E-state index contributed by atoms with van der Waals surface area (Å²) in [4.78, 5) is 14.5. The Kier molecular flexibility index (Phi) is 3.79. The van der Waals surface area contributed by atoms with Gasteiger partial charge in [0.05, 0.1) is 13.3 Å². The summed E-state index contributed by atoms with van der Waals surface area (Å²) >= 11 is 0. The second-order valence-corrected chi connectivity index (χ2v) is 3.71. The third-order valence-corrected chi connectivity index (χ3v) is 2.40. The molecule has 0 saturated carbocycles. The van der Waals surface area contributed by atoms with Gasteiger partial charge in [-0.15, -0.1) is 0 Å². The van der Waals surface area contributed by atoms with Crippen LogP contribution in [0.3, 0.4) is 0 Å². The Morgan fingerprint density at radius 1 is 1.30 bits per heavy atom. The molecule has 0 radical (unpaired) electrons. The molecule has 5 nitrogen and oxygen atoms in total. The van der Waals surface area contributed by atoms with Gasteiger partial charge in [-0.25, -0.2) is 18.6 Å². The van der Waals surface area contributed by atoms with Gasteiger partial charge in [0.1, 0.15) is 22.9 Å². The zero-order chi connectivity index (χ0) is 14.7. The average Bonchev–Trinajstić information content (AvgIpc) is 2.42. The van der Waals surface area contributed by atoms with E-state index >= 15 is 0 Å². The van der Waals surface area contributed by atoms with Gasteiger partial charge in [0.2, 0.25) is 0 Å². The van der Waals surface area contributed by atoms with Crippen LogP contribution >= 0.6 is 0 Å². The van der Waals surface area contributed by atoms with Crippen molar-refractivity contribution in [3.05, 3.63) is 47.7 Å². The van der Waals surface area contributed by atoms with Crippen LogP contribution in [0.4, 0.5) is 8.78 Å². The SMILES string of the molecule is COc1ccc(Oc2ncc(F)cc2F)c(C(=O)O)c1. The first-order valence-electron chi connectivity index (χ1n) is 5.41. The number of halogens is 2. The van der Waals surface area contributed by atoms with Gasteiger partial charge < -0.3 is 14.6 Å². The predicted molar refractivity (Wildman–Crippen MR) is 64.2 cm³/mol. The van der Waals surface area contributed by atoms with E-state index < -0.39 is 23.5 Å². The number of rotatable bonds is 4. The van der Waals surface area contributed by atoms with Crippen LogP contribution in [0.2, 0.25) is 0 Å². The van der Waals surface area contributed by atoms with Crippen molar-refractivity contribution < 1.29 is 28.2 Å². The lowest BCUT2D eigenvalue weighted by atomic mass is 10.2. The van der Waals surface area contributed by atoms with E-state index in [-0.39, 0.29) is 11.3 Å². The molecule has 0 amide bonds. The van der Waals surface area contributed by atoms with Crippen molar-refractivity contribution in [2.24, 2.45) is 0 Å². The lowest BCUT2D eigenvalue weighted by Crippen LogP contribution is -2.02. The molecule has 0 spiro atoms. The number of carbonyl (C=O) groups is 1. The normalized spacial score (nSPS) is 10.2. The maximum Gasteiger partial charge on any atom is 0.339 e. The highest BCUT2D eigenvalue weighted by atomic mass is 19.1. The number of carboxylic acid groups (broad SMARTS) is 1. The molecule has 0 saturated heterocycles. The van der Waals surface area contributed by atoms with E-state index in [0.717, 1.165) is 6.20 Å². The van der Waals surface area contributed by atoms with Gasteiger partial charge >= 0.3 is 5.97 Å². The quantitative estimate of drug-likeness (QED) is 0.933. The smallest absolute Gasteiger partial charge is 0.339 e. The molecule has 1 heterocycles. The summed E-state index contributed by atoms with van der Waals surface area (Å²) in [6, 6.07) is 4.56. The summed E-state index contributed by atoms with van der Waals surface area (Å²) in [6.45, 7) is 0. The molecule has 2 aromatic rings. The van der Waals surface area contributed by atoms with Gasteiger partial charge in [-0.3, -0.25) is 0 Å². The minimum Gasteiger partial charge on any atom is -0.497 e. The molecule has 0 unspecified atom stereocenters. The number of benzene rings is 1. The Balaban J connectivity index is 2.40. The summed E-state index contributed by atoms with van der Waals surface area (Å²) in [5.74, 6) is -3.50. The fraction of sp³-hybridized carbons (Fsp3) is 0.0769. The minimum absolute atomic E-state index is 0.128. The van der Waals surface area contributed by atoms with Crippen LogP contribution in [-0.4, -0.2) is 23.2 Å². The van der Waals surface area contributed by atoms with Gasteiger partial charge in [0.25, 0.3) is 5.88 Å². The molecule has 0 aliphatic rings. The van der Waals surface area contributed by atoms with Crippen molar-refractivity contribution in [1.29, 1.82) is 0 Å². The van der Waals surface area contributed by atoms with Crippen molar-refractivity contribution in [1.82, 2.24) is 4.98 Å². The number of hydrogen-bond acceptors (Lipinski definition) is 4. The van der Waals surface area contributed by atoms with Crippen molar-refractivity contribution >= 4 is 5.97 Å². The topological polar surface area (TPSA) is 68.7 Å². The van der Waals surface area contributed by atoms with E-state index in [0.29, 0.717) is 11.8 Å². The van der Waals surface area contributed by atoms with Crippen molar-refractivity contribution in [2.45, 2.75) is 0 Å². The Hall–Kier alpha value is -2.70. The maximum absolute atomic E-state index is 13.4. The molecule has 20 heavy (non-hydrogen) atoms. The number of carboxylic acids is 1. The van der Waals surface area contributed by atoms with Gasteiger partial charge in [0, 0.05) is 6.07 Å². The molecule has 2 rings (SSSR count). The monoisotopic (exact) mass is 281 g/mol. The first-order valence-corrected chi connectivity index (χ1v) is 5.41. The molecule has 0 fully saturated rings. The molecule has 0 atom stereocenters. The van der Waals surface area contributed by atoms with E-state index in [1.54, 1.807) is 0 Å². The third kappa shape index (κ3) is 2.82. The summed E-state index contributed by atoms with van der Waals surface area (Å²) in [7, 11) is 1.38. The minimum atomic E-state index is -1.28. The molecule has 104 valence electrons. The molecule has 0 aliphatic carbocycles. The van der Waals surface area contributed by atoms with Crippen LogP contribution in [-0.2, 0) is 0 Å². The maximum atomic E-state index is 13.4. The number of pyridine rings is 1. The number of aromatic carboxylic acids is 1. The highest BCUT2D eigenvalue weighted by molar-refractivity contribution is 5.91. The van der Waals surface area contributed by atoms with Gasteiger partial charge in [-0.2, -0.15) is 0 Å². The number of nitrogens with zero attached hydrogens (tertiary/aromatic N) is 1. The van der Waals surface area contributed by atoms with Gasteiger partial charge in [-0.05, 0) is 18.2 Å². The predicted octanol–water partition coefficient (Wildman–Crippen LogP) is 2.86. The summed E-state index contributed by atoms with van der Waals surface area (Å²) < 4.78 is 36.1. The first kappa shape index (κ1) is 13.7. The van der Waals surface area contributed by atoms with Crippen molar-refractivity contribution in [3.63, 3.8) is 0 Å². The molecule has 1 aromatic heterocycles. The Labute approximate surface area is 112 Å². The zero-order valence-electron chi connectivity index (χ0n) is 10.3. The van der Waals surface area contributed by atoms with Crippen LogP contribution in [0, 0.1) is 11.6 Å². The summed E-state index contributed by atoms with van der Waals surface area (Å²) in [5.41, 5.74) is -0.227. The second-order valence-electron chi connectivity index (χ2n) is 3.71. The van der Waals surface area contributed by atoms with E-state index in [2.05, 4.69) is 4.98 Å². The fourth-order valence-electron chi connectivity index (χ4n) is 1.47. The molecule has 1 aromatic carbocycles. The van der Waals surface area contributed by atoms with E-state index in [4.69, 9.17) is 14.6 Å². The van der Waals surface area contributed by atoms with Crippen LogP contribution in [0.15, 0.2) is 30.5 Å². The Bertz CT molecular complexity index is 661. The van der Waals surface area contributed by atoms with E-state index in [9.17, 15) is 13.6 Å². The lowest BCUT2D eigenvalue weighted by Gasteiger charge is -2.09. The van der Waals surface area contributed by atoms with E-state index in [1.807, 2.05) is 0 Å². The van der Waals surface area contributed by atoms with Gasteiger partial charge in [-0.1, -0.05) is 0 Å². The highest BCUT2D eigenvalue weighted by Gasteiger charge is 2.16. The van der Waals surface area contributed by atoms with Crippen LogP contribution in [0.25, 0.3) is 0 Å². The van der Waals surface area contributed by atoms with E-state index in [1.165, 1.54) is 25.3 Å². The summed E-state index contributed by atoms with van der Waals surface area (Å²) in [6.07, 6.45) is 0.766. The largest absolute Gasteiger partial charge is 0.497 e. The molecule has 1 N–H and O–H groups in total. The molecule has 7 heteroatoms. The van der Waals surface area contributed by atoms with Crippen LogP contribution < -0.4 is 9.47 Å². The molecular weight excluding hydrogens is 272 g/mol. The summed E-state index contributed by atoms with van der Waals surface area (Å²) in [5, 5.41) is 9.07. The van der Waals surface area contributed by atoms with Crippen molar-refractivity contribution in [2.75, 3.05) is 7.11 Å². The lowest BCUT2D eigenvalue weighted by molar-refractivity contribution is 0.0693. The van der Waals surface area contributed by atoms with Crippen LogP contribution in [0.5, 0.6) is 17.4 Å². The fourth-order valence-corrected chi connectivity index (χ4v) is 1.47. The molecule has 0 bridgehead atoms. The third-order valence-electron chi connectivity index (χ3n) is 2.40. The van der Waals surface area contributed by atoms with Crippen molar-refractivity contribution in [3.8, 4) is 17.4 Å². The number of hydrogen-bond donors (Lipinski definition) is 1. The Morgan fingerprint density at radius 3 is 2.65 bits per heavy atom.